The van der Waals surface area contributed by atoms with Crippen molar-refractivity contribution in [3.05, 3.63) is 21.9 Å². The van der Waals surface area contributed by atoms with E-state index >= 15 is 0 Å². The Labute approximate surface area is 107 Å². The van der Waals surface area contributed by atoms with Gasteiger partial charge in [-0.3, -0.25) is 0 Å². The molecule has 1 aromatic rings. The van der Waals surface area contributed by atoms with E-state index in [1.165, 1.54) is 9.75 Å². The molecule has 2 rings (SSSR count). The van der Waals surface area contributed by atoms with Crippen molar-refractivity contribution in [2.24, 2.45) is 0 Å². The molecule has 0 N–H and O–H groups in total. The van der Waals surface area contributed by atoms with Gasteiger partial charge in [0, 0.05) is 16.4 Å². The highest BCUT2D eigenvalue weighted by Gasteiger charge is 2.27. The summed E-state index contributed by atoms with van der Waals surface area (Å²) in [4.78, 5) is 2.64. The molecule has 16 heavy (non-hydrogen) atoms. The van der Waals surface area contributed by atoms with E-state index in [-0.39, 0.29) is 16.9 Å². The average molecular weight is 259 g/mol. The number of hydrogen-bond acceptors (Lipinski definition) is 2. The van der Waals surface area contributed by atoms with Crippen LogP contribution in [0.5, 0.6) is 0 Å². The van der Waals surface area contributed by atoms with Crippen LogP contribution in [-0.2, 0) is 10.2 Å². The molecule has 0 bridgehead atoms. The molecule has 0 saturated carbocycles. The SMILES string of the molecule is CC(C)(C)c1ccc(C(Cl)C2CCCO2)s1. The Balaban J connectivity index is 2.12. The van der Waals surface area contributed by atoms with Crippen LogP contribution in [0.15, 0.2) is 12.1 Å². The molecule has 0 radical (unpaired) electrons. The van der Waals surface area contributed by atoms with Crippen molar-refractivity contribution in [3.8, 4) is 0 Å². The van der Waals surface area contributed by atoms with E-state index in [2.05, 4.69) is 32.9 Å². The van der Waals surface area contributed by atoms with Crippen molar-refractivity contribution in [3.63, 3.8) is 0 Å². The number of hydrogen-bond donors (Lipinski definition) is 0. The second-order valence-corrected chi connectivity index (χ2v) is 6.99. The summed E-state index contributed by atoms with van der Waals surface area (Å²) < 4.78 is 5.64. The van der Waals surface area contributed by atoms with Gasteiger partial charge in [-0.15, -0.1) is 22.9 Å². The summed E-state index contributed by atoms with van der Waals surface area (Å²) in [5.74, 6) is 0. The molecule has 1 saturated heterocycles. The summed E-state index contributed by atoms with van der Waals surface area (Å²) in [6.07, 6.45) is 2.45. The lowest BCUT2D eigenvalue weighted by Gasteiger charge is -2.17. The van der Waals surface area contributed by atoms with Crippen molar-refractivity contribution in [1.82, 2.24) is 0 Å². The van der Waals surface area contributed by atoms with Gasteiger partial charge in [0.2, 0.25) is 0 Å². The monoisotopic (exact) mass is 258 g/mol. The Morgan fingerprint density at radius 2 is 2.19 bits per heavy atom. The maximum atomic E-state index is 6.46. The third kappa shape index (κ3) is 2.61. The van der Waals surface area contributed by atoms with Crippen molar-refractivity contribution in [2.45, 2.75) is 50.5 Å². The van der Waals surface area contributed by atoms with Crippen molar-refractivity contribution >= 4 is 22.9 Å². The molecule has 1 aromatic heterocycles. The second-order valence-electron chi connectivity index (χ2n) is 5.41. The van der Waals surface area contributed by atoms with Crippen LogP contribution in [0.1, 0.15) is 48.7 Å². The maximum Gasteiger partial charge on any atom is 0.0939 e. The van der Waals surface area contributed by atoms with Crippen molar-refractivity contribution in [1.29, 1.82) is 0 Å². The fraction of sp³-hybridized carbons (Fsp3) is 0.692. The fourth-order valence-electron chi connectivity index (χ4n) is 1.92. The van der Waals surface area contributed by atoms with E-state index < -0.39 is 0 Å². The minimum atomic E-state index is 0.0311. The first kappa shape index (κ1) is 12.4. The highest BCUT2D eigenvalue weighted by atomic mass is 35.5. The van der Waals surface area contributed by atoms with Crippen LogP contribution < -0.4 is 0 Å². The Morgan fingerprint density at radius 3 is 2.69 bits per heavy atom. The van der Waals surface area contributed by atoms with Crippen LogP contribution in [0.3, 0.4) is 0 Å². The lowest BCUT2D eigenvalue weighted by atomic mass is 9.95. The topological polar surface area (TPSA) is 9.23 Å². The summed E-state index contributed by atoms with van der Waals surface area (Å²) in [7, 11) is 0. The minimum absolute atomic E-state index is 0.0311. The zero-order valence-corrected chi connectivity index (χ0v) is 11.7. The van der Waals surface area contributed by atoms with Crippen LogP contribution in [0, 0.1) is 0 Å². The number of ether oxygens (including phenoxy) is 1. The Bertz CT molecular complexity index is 347. The third-order valence-corrected chi connectivity index (χ3v) is 5.17. The molecule has 1 nitrogen and oxygen atoms in total. The van der Waals surface area contributed by atoms with Gasteiger partial charge in [0.1, 0.15) is 0 Å². The van der Waals surface area contributed by atoms with Crippen LogP contribution in [0.25, 0.3) is 0 Å². The minimum Gasteiger partial charge on any atom is -0.376 e. The number of rotatable bonds is 2. The van der Waals surface area contributed by atoms with E-state index in [1.54, 1.807) is 0 Å². The lowest BCUT2D eigenvalue weighted by molar-refractivity contribution is 0.108. The van der Waals surface area contributed by atoms with Gasteiger partial charge in [0.25, 0.3) is 0 Å². The molecule has 2 heterocycles. The fourth-order valence-corrected chi connectivity index (χ4v) is 3.42. The van der Waals surface area contributed by atoms with Gasteiger partial charge in [-0.25, -0.2) is 0 Å². The first-order chi connectivity index (χ1) is 7.48. The third-order valence-electron chi connectivity index (χ3n) is 2.93. The van der Waals surface area contributed by atoms with Crippen LogP contribution in [0.4, 0.5) is 0 Å². The first-order valence-electron chi connectivity index (χ1n) is 5.84. The van der Waals surface area contributed by atoms with E-state index in [4.69, 9.17) is 16.3 Å². The van der Waals surface area contributed by atoms with Crippen molar-refractivity contribution < 1.29 is 4.74 Å². The van der Waals surface area contributed by atoms with Gasteiger partial charge in [-0.2, -0.15) is 0 Å². The maximum absolute atomic E-state index is 6.46. The number of alkyl halides is 1. The van der Waals surface area contributed by atoms with Crippen LogP contribution in [0.2, 0.25) is 0 Å². The van der Waals surface area contributed by atoms with Crippen LogP contribution in [-0.4, -0.2) is 12.7 Å². The van der Waals surface area contributed by atoms with Crippen molar-refractivity contribution in [2.75, 3.05) is 6.61 Å². The predicted octanol–water partition coefficient (Wildman–Crippen LogP) is 4.50. The normalized spacial score (nSPS) is 23.6. The largest absolute Gasteiger partial charge is 0.376 e. The molecule has 2 atom stereocenters. The molecule has 2 unspecified atom stereocenters. The van der Waals surface area contributed by atoms with Crippen LogP contribution >= 0.6 is 22.9 Å². The van der Waals surface area contributed by atoms with E-state index in [1.807, 2.05) is 11.3 Å². The van der Waals surface area contributed by atoms with Gasteiger partial charge < -0.3 is 4.74 Å². The molecule has 1 fully saturated rings. The van der Waals surface area contributed by atoms with E-state index in [9.17, 15) is 0 Å². The van der Waals surface area contributed by atoms with Gasteiger partial charge in [0.15, 0.2) is 0 Å². The second kappa shape index (κ2) is 4.67. The zero-order valence-electron chi connectivity index (χ0n) is 10.1. The van der Waals surface area contributed by atoms with Gasteiger partial charge in [-0.1, -0.05) is 20.8 Å². The Morgan fingerprint density at radius 1 is 1.44 bits per heavy atom. The molecule has 3 heteroatoms. The average Bonchev–Trinajstić information content (AvgIpc) is 2.87. The summed E-state index contributed by atoms with van der Waals surface area (Å²) in [5.41, 5.74) is 0.218. The van der Waals surface area contributed by atoms with Gasteiger partial charge in [-0.05, 0) is 30.4 Å². The Hall–Kier alpha value is -0.0500. The quantitative estimate of drug-likeness (QED) is 0.710. The van der Waals surface area contributed by atoms with E-state index in [0.717, 1.165) is 19.4 Å². The Kier molecular flexibility index (Phi) is 3.62. The number of halogens is 1. The zero-order chi connectivity index (χ0) is 11.8. The predicted molar refractivity (Wildman–Crippen MR) is 70.6 cm³/mol. The first-order valence-corrected chi connectivity index (χ1v) is 7.09. The lowest BCUT2D eigenvalue weighted by Crippen LogP contribution is -2.11. The summed E-state index contributed by atoms with van der Waals surface area (Å²) in [5, 5.41) is 0.0311. The molecule has 0 aromatic carbocycles. The highest BCUT2D eigenvalue weighted by Crippen LogP contribution is 2.39. The van der Waals surface area contributed by atoms with Gasteiger partial charge in [0.05, 0.1) is 11.5 Å². The summed E-state index contributed by atoms with van der Waals surface area (Å²) in [6, 6.07) is 4.36. The molecular formula is C13H19ClOS. The molecule has 1 aliphatic rings. The molecular weight excluding hydrogens is 240 g/mol. The summed E-state index contributed by atoms with van der Waals surface area (Å²) >= 11 is 8.28. The molecule has 90 valence electrons. The smallest absolute Gasteiger partial charge is 0.0939 e. The molecule has 0 aliphatic carbocycles. The van der Waals surface area contributed by atoms with Gasteiger partial charge >= 0.3 is 0 Å². The summed E-state index contributed by atoms with van der Waals surface area (Å²) in [6.45, 7) is 7.57. The highest BCUT2D eigenvalue weighted by molar-refractivity contribution is 7.12. The molecule has 0 amide bonds. The molecule has 0 spiro atoms. The number of thiophene rings is 1. The van der Waals surface area contributed by atoms with E-state index in [0.29, 0.717) is 0 Å². The standard InChI is InChI=1S/C13H19ClOS/c1-13(2,3)11-7-6-10(16-11)12(14)9-5-4-8-15-9/h6-7,9,12H,4-5,8H2,1-3H3. The molecule has 1 aliphatic heterocycles.